The fourth-order valence-electron chi connectivity index (χ4n) is 4.46. The summed E-state index contributed by atoms with van der Waals surface area (Å²) in [6, 6.07) is 14.4. The highest BCUT2D eigenvalue weighted by Gasteiger charge is 2.40. The lowest BCUT2D eigenvalue weighted by molar-refractivity contribution is -0.140. The van der Waals surface area contributed by atoms with Crippen molar-refractivity contribution in [3.05, 3.63) is 65.2 Å². The van der Waals surface area contributed by atoms with Crippen LogP contribution in [0.2, 0.25) is 0 Å². The minimum Gasteiger partial charge on any atom is -0.444 e. The van der Waals surface area contributed by atoms with Gasteiger partial charge in [0.1, 0.15) is 17.7 Å². The number of thiazole rings is 1. The molecule has 1 saturated heterocycles. The number of para-hydroxylation sites is 1. The summed E-state index contributed by atoms with van der Waals surface area (Å²) in [6.45, 7) is 8.89. The summed E-state index contributed by atoms with van der Waals surface area (Å²) in [6.07, 6.45) is -0.411. The van der Waals surface area contributed by atoms with Crippen LogP contribution >= 0.6 is 23.1 Å². The SMILES string of the molecule is CC(C)[C@H](NC(=O)OC(C)(C)C)C(=O)N1CSC[C@H]1C(=O)N[C@@H](Cc1ccccc1)C(=O)c1nc2ccccc2s1. The predicted octanol–water partition coefficient (Wildman–Crippen LogP) is 4.66. The lowest BCUT2D eigenvalue weighted by atomic mass is 10.0. The average molecular weight is 597 g/mol. The van der Waals surface area contributed by atoms with E-state index in [1.54, 1.807) is 20.8 Å². The summed E-state index contributed by atoms with van der Waals surface area (Å²) in [7, 11) is 0. The molecule has 0 radical (unpaired) electrons. The molecule has 0 unspecified atom stereocenters. The van der Waals surface area contributed by atoms with Crippen molar-refractivity contribution in [2.24, 2.45) is 5.92 Å². The van der Waals surface area contributed by atoms with E-state index in [0.717, 1.165) is 15.8 Å². The lowest BCUT2D eigenvalue weighted by Crippen LogP contribution is -2.57. The van der Waals surface area contributed by atoms with Gasteiger partial charge in [0.15, 0.2) is 5.01 Å². The third-order valence-electron chi connectivity index (χ3n) is 6.49. The Kier molecular flexibility index (Phi) is 9.70. The van der Waals surface area contributed by atoms with Gasteiger partial charge in [-0.1, -0.05) is 56.3 Å². The number of alkyl carbamates (subject to hydrolysis) is 1. The highest BCUT2D eigenvalue weighted by molar-refractivity contribution is 7.99. The van der Waals surface area contributed by atoms with E-state index in [1.165, 1.54) is 28.0 Å². The molecule has 1 aliphatic heterocycles. The number of ether oxygens (including phenoxy) is 1. The normalized spacial score (nSPS) is 16.8. The molecule has 4 rings (SSSR count). The maximum absolute atomic E-state index is 13.7. The first-order valence-electron chi connectivity index (χ1n) is 13.5. The number of Topliss-reactive ketones (excluding diaryl/α,β-unsaturated/α-hetero) is 1. The lowest BCUT2D eigenvalue weighted by Gasteiger charge is -2.31. The molecule has 1 fully saturated rings. The molecule has 11 heteroatoms. The Balaban J connectivity index is 1.53. The molecule has 9 nitrogen and oxygen atoms in total. The summed E-state index contributed by atoms with van der Waals surface area (Å²) in [5.41, 5.74) is 0.902. The van der Waals surface area contributed by atoms with E-state index in [-0.39, 0.29) is 24.0 Å². The van der Waals surface area contributed by atoms with E-state index in [2.05, 4.69) is 15.6 Å². The first kappa shape index (κ1) is 30.5. The van der Waals surface area contributed by atoms with E-state index in [4.69, 9.17) is 4.74 Å². The van der Waals surface area contributed by atoms with Crippen LogP contribution in [0.5, 0.6) is 0 Å². The van der Waals surface area contributed by atoms with Crippen LogP contribution in [0.25, 0.3) is 10.2 Å². The van der Waals surface area contributed by atoms with Crippen molar-refractivity contribution in [3.8, 4) is 0 Å². The maximum atomic E-state index is 13.7. The predicted molar refractivity (Wildman–Crippen MR) is 162 cm³/mol. The molecule has 0 bridgehead atoms. The zero-order chi connectivity index (χ0) is 29.7. The molecule has 218 valence electrons. The highest BCUT2D eigenvalue weighted by Crippen LogP contribution is 2.26. The van der Waals surface area contributed by atoms with Crippen LogP contribution in [0.1, 0.15) is 50.0 Å². The summed E-state index contributed by atoms with van der Waals surface area (Å²) in [5.74, 6) is -0.631. The number of nitrogens with zero attached hydrogens (tertiary/aromatic N) is 2. The van der Waals surface area contributed by atoms with E-state index in [0.29, 0.717) is 16.6 Å². The van der Waals surface area contributed by atoms with Crippen LogP contribution in [0.4, 0.5) is 4.79 Å². The molecule has 3 amide bonds. The zero-order valence-electron chi connectivity index (χ0n) is 23.9. The van der Waals surface area contributed by atoms with Crippen molar-refractivity contribution in [2.75, 3.05) is 11.6 Å². The Morgan fingerprint density at radius 1 is 1.02 bits per heavy atom. The van der Waals surface area contributed by atoms with Crippen molar-refractivity contribution in [3.63, 3.8) is 0 Å². The second-order valence-electron chi connectivity index (χ2n) is 11.3. The number of fused-ring (bicyclic) bond motifs is 1. The van der Waals surface area contributed by atoms with Crippen LogP contribution in [0.3, 0.4) is 0 Å². The van der Waals surface area contributed by atoms with Crippen molar-refractivity contribution >= 4 is 57.0 Å². The number of carbonyl (C=O) groups excluding carboxylic acids is 4. The molecule has 2 heterocycles. The zero-order valence-corrected chi connectivity index (χ0v) is 25.5. The first-order chi connectivity index (χ1) is 19.4. The van der Waals surface area contributed by atoms with E-state index < -0.39 is 35.7 Å². The molecule has 0 aliphatic carbocycles. The van der Waals surface area contributed by atoms with Crippen molar-refractivity contribution in [1.29, 1.82) is 0 Å². The van der Waals surface area contributed by atoms with Gasteiger partial charge in [-0.2, -0.15) is 0 Å². The molecule has 2 aromatic carbocycles. The third kappa shape index (κ3) is 7.85. The monoisotopic (exact) mass is 596 g/mol. The molecule has 3 aromatic rings. The number of aromatic nitrogens is 1. The Morgan fingerprint density at radius 3 is 2.37 bits per heavy atom. The Labute approximate surface area is 248 Å². The number of nitrogens with one attached hydrogen (secondary N) is 2. The Hall–Kier alpha value is -3.44. The van der Waals surface area contributed by atoms with Gasteiger partial charge >= 0.3 is 6.09 Å². The molecule has 3 atom stereocenters. The number of carbonyl (C=O) groups is 4. The topological polar surface area (TPSA) is 118 Å². The van der Waals surface area contributed by atoms with Gasteiger partial charge in [-0.05, 0) is 44.4 Å². The van der Waals surface area contributed by atoms with Crippen LogP contribution < -0.4 is 10.6 Å². The molecule has 2 N–H and O–H groups in total. The number of ketones is 1. The van der Waals surface area contributed by atoms with Gasteiger partial charge in [-0.3, -0.25) is 14.4 Å². The van der Waals surface area contributed by atoms with Crippen LogP contribution in [-0.4, -0.2) is 68.9 Å². The number of thioether (sulfide) groups is 1. The highest BCUT2D eigenvalue weighted by atomic mass is 32.2. The summed E-state index contributed by atoms with van der Waals surface area (Å²) in [5, 5.41) is 5.94. The third-order valence-corrected chi connectivity index (χ3v) is 8.56. The number of rotatable bonds is 9. The fourth-order valence-corrected chi connectivity index (χ4v) is 6.58. The van der Waals surface area contributed by atoms with E-state index in [9.17, 15) is 19.2 Å². The van der Waals surface area contributed by atoms with Crippen molar-refractivity contribution in [2.45, 2.75) is 64.8 Å². The summed E-state index contributed by atoms with van der Waals surface area (Å²) < 4.78 is 6.25. The molecule has 1 aromatic heterocycles. The van der Waals surface area contributed by atoms with Gasteiger partial charge < -0.3 is 20.3 Å². The molecule has 0 saturated carbocycles. The Bertz CT molecular complexity index is 1370. The fraction of sp³-hybridized carbons (Fsp3) is 0.433. The number of benzene rings is 2. The molecular weight excluding hydrogens is 560 g/mol. The minimum atomic E-state index is -0.872. The summed E-state index contributed by atoms with van der Waals surface area (Å²) in [4.78, 5) is 59.5. The van der Waals surface area contributed by atoms with Gasteiger partial charge in [0.25, 0.3) is 0 Å². The van der Waals surface area contributed by atoms with Gasteiger partial charge in [-0.25, -0.2) is 9.78 Å². The molecule has 1 aliphatic rings. The Morgan fingerprint density at radius 2 is 1.71 bits per heavy atom. The molecule has 0 spiro atoms. The van der Waals surface area contributed by atoms with Crippen LogP contribution in [-0.2, 0) is 20.7 Å². The van der Waals surface area contributed by atoms with Crippen LogP contribution in [0, 0.1) is 5.92 Å². The van der Waals surface area contributed by atoms with Crippen molar-refractivity contribution < 1.29 is 23.9 Å². The smallest absolute Gasteiger partial charge is 0.408 e. The van der Waals surface area contributed by atoms with Gasteiger partial charge in [-0.15, -0.1) is 23.1 Å². The number of amides is 3. The molecular formula is C30H36N4O5S2. The van der Waals surface area contributed by atoms with Gasteiger partial charge in [0.05, 0.1) is 22.1 Å². The van der Waals surface area contributed by atoms with E-state index in [1.807, 2.05) is 68.4 Å². The van der Waals surface area contributed by atoms with Crippen LogP contribution in [0.15, 0.2) is 54.6 Å². The van der Waals surface area contributed by atoms with Gasteiger partial charge in [0, 0.05) is 12.2 Å². The maximum Gasteiger partial charge on any atom is 0.408 e. The average Bonchev–Trinajstić information content (AvgIpc) is 3.58. The number of hydrogen-bond donors (Lipinski definition) is 2. The standard InChI is InChI=1S/C30H36N4O5S2/c1-18(2)24(33-29(38)39-30(3,4)5)28(37)34-17-40-16-22(34)26(36)31-21(15-19-11-7-6-8-12-19)25(35)27-32-20-13-9-10-14-23(20)41-27/h6-14,18,21-22,24H,15-17H2,1-5H3,(H,31,36)(H,33,38)/t21-,22-,24-/m0/s1. The molecule has 41 heavy (non-hydrogen) atoms. The second-order valence-corrected chi connectivity index (χ2v) is 13.3. The van der Waals surface area contributed by atoms with Crippen molar-refractivity contribution in [1.82, 2.24) is 20.5 Å². The second kappa shape index (κ2) is 13.0. The van der Waals surface area contributed by atoms with Gasteiger partial charge in [0.2, 0.25) is 17.6 Å². The van der Waals surface area contributed by atoms with E-state index >= 15 is 0 Å². The summed E-state index contributed by atoms with van der Waals surface area (Å²) >= 11 is 2.74. The first-order valence-corrected chi connectivity index (χ1v) is 15.5. The quantitative estimate of drug-likeness (QED) is 0.345. The largest absolute Gasteiger partial charge is 0.444 e. The number of hydrogen-bond acceptors (Lipinski definition) is 8. The minimum absolute atomic E-state index is 0.240.